The van der Waals surface area contributed by atoms with Crippen molar-refractivity contribution >= 4 is 43.2 Å². The number of aliphatic hydroxyl groups excluding tert-OH is 1. The lowest BCUT2D eigenvalue weighted by atomic mass is 10.0. The van der Waals surface area contributed by atoms with E-state index in [9.17, 15) is 5.11 Å². The maximum Gasteiger partial charge on any atom is 0.0841 e. The van der Waals surface area contributed by atoms with E-state index in [0.29, 0.717) is 6.42 Å². The SMILES string of the molecule is Cc1c(Br)cccc1C(O)Cc1ccc(Br)s1. The second kappa shape index (κ2) is 5.65. The van der Waals surface area contributed by atoms with Crippen molar-refractivity contribution in [3.05, 3.63) is 54.6 Å². The van der Waals surface area contributed by atoms with Gasteiger partial charge >= 0.3 is 0 Å². The van der Waals surface area contributed by atoms with Crippen LogP contribution in [0.3, 0.4) is 0 Å². The van der Waals surface area contributed by atoms with Crippen molar-refractivity contribution in [2.24, 2.45) is 0 Å². The molecule has 0 aliphatic carbocycles. The first-order valence-corrected chi connectivity index (χ1v) is 7.65. The van der Waals surface area contributed by atoms with Crippen LogP contribution >= 0.6 is 43.2 Å². The van der Waals surface area contributed by atoms with Crippen molar-refractivity contribution in [3.8, 4) is 0 Å². The molecular formula is C13H12Br2OS. The van der Waals surface area contributed by atoms with E-state index in [1.54, 1.807) is 11.3 Å². The van der Waals surface area contributed by atoms with Gasteiger partial charge in [-0.05, 0) is 52.2 Å². The topological polar surface area (TPSA) is 20.2 Å². The van der Waals surface area contributed by atoms with E-state index in [2.05, 4.69) is 31.9 Å². The Balaban J connectivity index is 2.20. The lowest BCUT2D eigenvalue weighted by molar-refractivity contribution is 0.178. The van der Waals surface area contributed by atoms with E-state index < -0.39 is 6.10 Å². The minimum atomic E-state index is -0.446. The Morgan fingerprint density at radius 3 is 2.65 bits per heavy atom. The third kappa shape index (κ3) is 3.19. The zero-order valence-electron chi connectivity index (χ0n) is 9.28. The fourth-order valence-corrected chi connectivity index (χ4v) is 3.65. The van der Waals surface area contributed by atoms with Crippen LogP contribution in [0.1, 0.15) is 22.1 Å². The van der Waals surface area contributed by atoms with Gasteiger partial charge in [-0.15, -0.1) is 11.3 Å². The van der Waals surface area contributed by atoms with Crippen molar-refractivity contribution in [1.82, 2.24) is 0 Å². The van der Waals surface area contributed by atoms with Crippen LogP contribution in [0.15, 0.2) is 38.6 Å². The molecule has 90 valence electrons. The fraction of sp³-hybridized carbons (Fsp3) is 0.231. The molecule has 1 aromatic carbocycles. The fourth-order valence-electron chi connectivity index (χ4n) is 1.75. The molecule has 0 amide bonds. The highest BCUT2D eigenvalue weighted by molar-refractivity contribution is 9.11. The van der Waals surface area contributed by atoms with Gasteiger partial charge in [-0.1, -0.05) is 28.1 Å². The maximum atomic E-state index is 10.3. The molecule has 0 aliphatic rings. The Morgan fingerprint density at radius 1 is 1.24 bits per heavy atom. The Hall–Kier alpha value is -0.160. The Labute approximate surface area is 122 Å². The van der Waals surface area contributed by atoms with Gasteiger partial charge in [0, 0.05) is 15.8 Å². The minimum Gasteiger partial charge on any atom is -0.388 e. The predicted octanol–water partition coefficient (Wildman–Crippen LogP) is 4.86. The number of rotatable bonds is 3. The molecule has 1 N–H and O–H groups in total. The summed E-state index contributed by atoms with van der Waals surface area (Å²) < 4.78 is 2.15. The van der Waals surface area contributed by atoms with Crippen LogP contribution in [-0.4, -0.2) is 5.11 Å². The van der Waals surface area contributed by atoms with Gasteiger partial charge in [0.1, 0.15) is 0 Å². The maximum absolute atomic E-state index is 10.3. The molecule has 0 radical (unpaired) electrons. The van der Waals surface area contributed by atoms with Crippen LogP contribution in [0.5, 0.6) is 0 Å². The molecular weight excluding hydrogens is 364 g/mol. The number of benzene rings is 1. The second-order valence-electron chi connectivity index (χ2n) is 3.88. The van der Waals surface area contributed by atoms with E-state index in [1.807, 2.05) is 37.3 Å². The summed E-state index contributed by atoms with van der Waals surface area (Å²) >= 11 is 8.59. The molecule has 1 nitrogen and oxygen atoms in total. The van der Waals surface area contributed by atoms with Gasteiger partial charge in [0.05, 0.1) is 9.89 Å². The first-order chi connectivity index (χ1) is 8.08. The van der Waals surface area contributed by atoms with Crippen molar-refractivity contribution in [2.45, 2.75) is 19.4 Å². The van der Waals surface area contributed by atoms with Gasteiger partial charge < -0.3 is 5.11 Å². The molecule has 4 heteroatoms. The van der Waals surface area contributed by atoms with Crippen molar-refractivity contribution in [1.29, 1.82) is 0 Å². The molecule has 0 spiro atoms. The van der Waals surface area contributed by atoms with Crippen molar-refractivity contribution in [3.63, 3.8) is 0 Å². The second-order valence-corrected chi connectivity index (χ2v) is 7.28. The number of halogens is 2. The van der Waals surface area contributed by atoms with Gasteiger partial charge in [-0.3, -0.25) is 0 Å². The summed E-state index contributed by atoms with van der Waals surface area (Å²) in [5.74, 6) is 0. The van der Waals surface area contributed by atoms with Crippen molar-refractivity contribution in [2.75, 3.05) is 0 Å². The normalized spacial score (nSPS) is 12.7. The number of hydrogen-bond acceptors (Lipinski definition) is 2. The van der Waals surface area contributed by atoms with E-state index in [4.69, 9.17) is 0 Å². The van der Waals surface area contributed by atoms with Crippen molar-refractivity contribution < 1.29 is 5.11 Å². The molecule has 1 unspecified atom stereocenters. The highest BCUT2D eigenvalue weighted by Crippen LogP contribution is 2.30. The lowest BCUT2D eigenvalue weighted by Crippen LogP contribution is -2.03. The average molecular weight is 376 g/mol. The molecule has 2 rings (SSSR count). The summed E-state index contributed by atoms with van der Waals surface area (Å²) in [5, 5.41) is 10.3. The highest BCUT2D eigenvalue weighted by atomic mass is 79.9. The largest absolute Gasteiger partial charge is 0.388 e. The monoisotopic (exact) mass is 374 g/mol. The third-order valence-electron chi connectivity index (χ3n) is 2.69. The lowest BCUT2D eigenvalue weighted by Gasteiger charge is -2.13. The van der Waals surface area contributed by atoms with E-state index in [-0.39, 0.29) is 0 Å². The predicted molar refractivity (Wildman–Crippen MR) is 79.6 cm³/mol. The summed E-state index contributed by atoms with van der Waals surface area (Å²) in [6.07, 6.45) is 0.214. The average Bonchev–Trinajstić information content (AvgIpc) is 2.68. The van der Waals surface area contributed by atoms with Gasteiger partial charge in [0.15, 0.2) is 0 Å². The molecule has 17 heavy (non-hydrogen) atoms. The van der Waals surface area contributed by atoms with Gasteiger partial charge in [-0.25, -0.2) is 0 Å². The molecule has 0 aliphatic heterocycles. The smallest absolute Gasteiger partial charge is 0.0841 e. The molecule has 1 heterocycles. The minimum absolute atomic E-state index is 0.446. The van der Waals surface area contributed by atoms with Gasteiger partial charge in [0.25, 0.3) is 0 Å². The van der Waals surface area contributed by atoms with Crippen LogP contribution in [0, 0.1) is 6.92 Å². The molecule has 2 aromatic rings. The Morgan fingerprint density at radius 2 is 2.00 bits per heavy atom. The number of hydrogen-bond donors (Lipinski definition) is 1. The standard InChI is InChI=1S/C13H12Br2OS/c1-8-10(3-2-4-11(8)14)12(16)7-9-5-6-13(15)17-9/h2-6,12,16H,7H2,1H3. The molecule has 0 fully saturated rings. The van der Waals surface area contributed by atoms with Crippen LogP contribution in [0.4, 0.5) is 0 Å². The Bertz CT molecular complexity index is 522. The summed E-state index contributed by atoms with van der Waals surface area (Å²) in [6, 6.07) is 9.99. The van der Waals surface area contributed by atoms with Gasteiger partial charge in [0.2, 0.25) is 0 Å². The molecule has 0 bridgehead atoms. The van der Waals surface area contributed by atoms with E-state index in [0.717, 1.165) is 19.4 Å². The Kier molecular flexibility index (Phi) is 4.42. The van der Waals surface area contributed by atoms with E-state index in [1.165, 1.54) is 4.88 Å². The summed E-state index contributed by atoms with van der Waals surface area (Å²) in [5.41, 5.74) is 2.10. The molecule has 1 atom stereocenters. The van der Waals surface area contributed by atoms with Gasteiger partial charge in [-0.2, -0.15) is 0 Å². The third-order valence-corrected chi connectivity index (χ3v) is 5.20. The summed E-state index contributed by atoms with van der Waals surface area (Å²) in [7, 11) is 0. The zero-order chi connectivity index (χ0) is 12.4. The molecule has 0 saturated carbocycles. The number of thiophene rings is 1. The van der Waals surface area contributed by atoms with E-state index >= 15 is 0 Å². The summed E-state index contributed by atoms with van der Waals surface area (Å²) in [4.78, 5) is 1.18. The molecule has 1 aromatic heterocycles. The quantitative estimate of drug-likeness (QED) is 0.812. The van der Waals surface area contributed by atoms with Crippen LogP contribution in [0.2, 0.25) is 0 Å². The first-order valence-electron chi connectivity index (χ1n) is 5.25. The first kappa shape index (κ1) is 13.3. The van der Waals surface area contributed by atoms with Crippen LogP contribution in [0.25, 0.3) is 0 Å². The summed E-state index contributed by atoms with van der Waals surface area (Å²) in [6.45, 7) is 2.02. The van der Waals surface area contributed by atoms with Crippen LogP contribution < -0.4 is 0 Å². The number of aliphatic hydroxyl groups is 1. The van der Waals surface area contributed by atoms with Crippen LogP contribution in [-0.2, 0) is 6.42 Å². The molecule has 0 saturated heterocycles. The highest BCUT2D eigenvalue weighted by Gasteiger charge is 2.13. The zero-order valence-corrected chi connectivity index (χ0v) is 13.3.